The van der Waals surface area contributed by atoms with Gasteiger partial charge in [-0.05, 0) is 69.1 Å². The monoisotopic (exact) mass is 246 g/mol. The van der Waals surface area contributed by atoms with E-state index in [1.54, 1.807) is 0 Å². The predicted octanol–water partition coefficient (Wildman–Crippen LogP) is 2.58. The summed E-state index contributed by atoms with van der Waals surface area (Å²) in [6, 6.07) is 10.7. The Kier molecular flexibility index (Phi) is 5.69. The summed E-state index contributed by atoms with van der Waals surface area (Å²) < 4.78 is 0. The maximum absolute atomic E-state index is 5.72. The Morgan fingerprint density at radius 1 is 1.00 bits per heavy atom. The van der Waals surface area contributed by atoms with Crippen molar-refractivity contribution in [3.05, 3.63) is 35.9 Å². The Hall–Kier alpha value is -0.860. The average Bonchev–Trinajstić information content (AvgIpc) is 2.45. The highest BCUT2D eigenvalue weighted by Gasteiger charge is 2.19. The van der Waals surface area contributed by atoms with Crippen molar-refractivity contribution in [2.75, 3.05) is 19.6 Å². The molecule has 0 saturated heterocycles. The van der Waals surface area contributed by atoms with E-state index in [9.17, 15) is 0 Å². The third-order valence-electron chi connectivity index (χ3n) is 4.17. The van der Waals surface area contributed by atoms with Crippen LogP contribution in [-0.2, 0) is 6.42 Å². The van der Waals surface area contributed by atoms with Crippen LogP contribution in [0.2, 0.25) is 0 Å². The van der Waals surface area contributed by atoms with Crippen molar-refractivity contribution < 1.29 is 0 Å². The molecule has 2 heteroatoms. The summed E-state index contributed by atoms with van der Waals surface area (Å²) in [4.78, 5) is 0. The largest absolute Gasteiger partial charge is 0.330 e. The fourth-order valence-electron chi connectivity index (χ4n) is 2.85. The maximum atomic E-state index is 5.72. The number of rotatable bonds is 6. The summed E-state index contributed by atoms with van der Waals surface area (Å²) in [6.07, 6.45) is 6.53. The lowest BCUT2D eigenvalue weighted by atomic mass is 9.82. The molecule has 0 atom stereocenters. The van der Waals surface area contributed by atoms with Gasteiger partial charge in [-0.1, -0.05) is 30.3 Å². The van der Waals surface area contributed by atoms with Gasteiger partial charge in [0.2, 0.25) is 0 Å². The third kappa shape index (κ3) is 4.43. The Bertz CT molecular complexity index is 315. The number of nitrogens with one attached hydrogen (secondary N) is 1. The van der Waals surface area contributed by atoms with Crippen LogP contribution in [0.1, 0.15) is 31.2 Å². The molecule has 1 fully saturated rings. The molecule has 1 aliphatic rings. The van der Waals surface area contributed by atoms with Crippen LogP contribution in [0.15, 0.2) is 30.3 Å². The first-order valence-electron chi connectivity index (χ1n) is 7.33. The average molecular weight is 246 g/mol. The van der Waals surface area contributed by atoms with Gasteiger partial charge in [-0.2, -0.15) is 0 Å². The summed E-state index contributed by atoms with van der Waals surface area (Å²) in [5.41, 5.74) is 7.15. The van der Waals surface area contributed by atoms with E-state index in [4.69, 9.17) is 5.73 Å². The van der Waals surface area contributed by atoms with Crippen LogP contribution in [0.3, 0.4) is 0 Å². The number of hydrogen-bond donors (Lipinski definition) is 2. The molecule has 1 saturated carbocycles. The molecule has 0 aliphatic heterocycles. The number of hydrogen-bond acceptors (Lipinski definition) is 2. The fourth-order valence-corrected chi connectivity index (χ4v) is 2.85. The van der Waals surface area contributed by atoms with Gasteiger partial charge in [-0.15, -0.1) is 0 Å². The topological polar surface area (TPSA) is 38.0 Å². The van der Waals surface area contributed by atoms with E-state index in [2.05, 4.69) is 35.6 Å². The Labute approximate surface area is 111 Å². The van der Waals surface area contributed by atoms with E-state index >= 15 is 0 Å². The molecule has 0 spiro atoms. The summed E-state index contributed by atoms with van der Waals surface area (Å²) in [5.74, 6) is 1.68. The normalized spacial score (nSPS) is 24.1. The second-order valence-electron chi connectivity index (χ2n) is 5.56. The van der Waals surface area contributed by atoms with Gasteiger partial charge in [-0.3, -0.25) is 0 Å². The first kappa shape index (κ1) is 13.6. The van der Waals surface area contributed by atoms with E-state index in [0.717, 1.165) is 31.3 Å². The van der Waals surface area contributed by atoms with Crippen molar-refractivity contribution >= 4 is 0 Å². The Morgan fingerprint density at radius 2 is 1.67 bits per heavy atom. The zero-order valence-electron chi connectivity index (χ0n) is 11.3. The van der Waals surface area contributed by atoms with Crippen molar-refractivity contribution in [1.29, 1.82) is 0 Å². The molecular weight excluding hydrogens is 220 g/mol. The fraction of sp³-hybridized carbons (Fsp3) is 0.625. The van der Waals surface area contributed by atoms with Gasteiger partial charge in [0.15, 0.2) is 0 Å². The van der Waals surface area contributed by atoms with Crippen LogP contribution < -0.4 is 11.1 Å². The summed E-state index contributed by atoms with van der Waals surface area (Å²) >= 11 is 0. The summed E-state index contributed by atoms with van der Waals surface area (Å²) in [6.45, 7) is 3.17. The van der Waals surface area contributed by atoms with Crippen molar-refractivity contribution in [3.63, 3.8) is 0 Å². The molecule has 18 heavy (non-hydrogen) atoms. The van der Waals surface area contributed by atoms with E-state index in [1.165, 1.54) is 37.8 Å². The molecule has 0 radical (unpaired) electrons. The first-order valence-corrected chi connectivity index (χ1v) is 7.33. The SMILES string of the molecule is NCC1CCC(CNCCc2ccccc2)CC1. The van der Waals surface area contributed by atoms with Gasteiger partial charge in [0, 0.05) is 0 Å². The molecule has 0 unspecified atom stereocenters. The molecule has 1 aromatic rings. The van der Waals surface area contributed by atoms with Gasteiger partial charge in [0.25, 0.3) is 0 Å². The van der Waals surface area contributed by atoms with Gasteiger partial charge < -0.3 is 11.1 Å². The van der Waals surface area contributed by atoms with Gasteiger partial charge in [-0.25, -0.2) is 0 Å². The summed E-state index contributed by atoms with van der Waals surface area (Å²) in [5, 5.41) is 3.61. The molecule has 1 aromatic carbocycles. The smallest absolute Gasteiger partial charge is 0.000824 e. The molecule has 2 rings (SSSR count). The lowest BCUT2D eigenvalue weighted by Gasteiger charge is -2.27. The van der Waals surface area contributed by atoms with E-state index in [-0.39, 0.29) is 0 Å². The molecule has 1 aliphatic carbocycles. The lowest BCUT2D eigenvalue weighted by Crippen LogP contribution is -2.29. The van der Waals surface area contributed by atoms with Crippen LogP contribution in [0, 0.1) is 11.8 Å². The molecule has 2 nitrogen and oxygen atoms in total. The van der Waals surface area contributed by atoms with Crippen molar-refractivity contribution in [2.45, 2.75) is 32.1 Å². The quantitative estimate of drug-likeness (QED) is 0.757. The van der Waals surface area contributed by atoms with E-state index < -0.39 is 0 Å². The zero-order valence-corrected chi connectivity index (χ0v) is 11.3. The van der Waals surface area contributed by atoms with Crippen LogP contribution in [0.25, 0.3) is 0 Å². The number of nitrogens with two attached hydrogens (primary N) is 1. The second-order valence-corrected chi connectivity index (χ2v) is 5.56. The Morgan fingerprint density at radius 3 is 2.33 bits per heavy atom. The maximum Gasteiger partial charge on any atom is -0.000824 e. The molecule has 100 valence electrons. The van der Waals surface area contributed by atoms with E-state index in [1.807, 2.05) is 0 Å². The Balaban J connectivity index is 1.56. The standard InChI is InChI=1S/C16H26N2/c17-12-15-6-8-16(9-7-15)13-18-11-10-14-4-2-1-3-5-14/h1-5,15-16,18H,6-13,17H2. The number of benzene rings is 1. The van der Waals surface area contributed by atoms with Gasteiger partial charge >= 0.3 is 0 Å². The third-order valence-corrected chi connectivity index (χ3v) is 4.17. The molecule has 0 heterocycles. The van der Waals surface area contributed by atoms with Crippen LogP contribution >= 0.6 is 0 Å². The van der Waals surface area contributed by atoms with Crippen molar-refractivity contribution in [2.24, 2.45) is 17.6 Å². The highest BCUT2D eigenvalue weighted by atomic mass is 14.9. The first-order chi connectivity index (χ1) is 8.88. The second kappa shape index (κ2) is 7.55. The lowest BCUT2D eigenvalue weighted by molar-refractivity contribution is 0.273. The zero-order chi connectivity index (χ0) is 12.6. The summed E-state index contributed by atoms with van der Waals surface area (Å²) in [7, 11) is 0. The minimum absolute atomic E-state index is 0.797. The molecule has 0 bridgehead atoms. The minimum atomic E-state index is 0.797. The van der Waals surface area contributed by atoms with Gasteiger partial charge in [0.05, 0.1) is 0 Å². The highest BCUT2D eigenvalue weighted by Crippen LogP contribution is 2.27. The van der Waals surface area contributed by atoms with Crippen molar-refractivity contribution in [3.8, 4) is 0 Å². The van der Waals surface area contributed by atoms with Crippen LogP contribution in [0.5, 0.6) is 0 Å². The molecular formula is C16H26N2. The van der Waals surface area contributed by atoms with Crippen LogP contribution in [-0.4, -0.2) is 19.6 Å². The molecule has 0 amide bonds. The highest BCUT2D eigenvalue weighted by molar-refractivity contribution is 5.14. The predicted molar refractivity (Wildman–Crippen MR) is 77.5 cm³/mol. The van der Waals surface area contributed by atoms with E-state index in [0.29, 0.717) is 0 Å². The van der Waals surface area contributed by atoms with Crippen molar-refractivity contribution in [1.82, 2.24) is 5.32 Å². The molecule has 0 aromatic heterocycles. The van der Waals surface area contributed by atoms with Crippen LogP contribution in [0.4, 0.5) is 0 Å². The molecule has 3 N–H and O–H groups in total. The minimum Gasteiger partial charge on any atom is -0.330 e. The van der Waals surface area contributed by atoms with Gasteiger partial charge in [0.1, 0.15) is 0 Å².